The van der Waals surface area contributed by atoms with E-state index >= 15 is 0 Å². The fraction of sp³-hybridized carbons (Fsp3) is 0.130. The summed E-state index contributed by atoms with van der Waals surface area (Å²) in [6.45, 7) is 1.80. The molecule has 0 radical (unpaired) electrons. The van der Waals surface area contributed by atoms with Crippen molar-refractivity contribution in [1.29, 1.82) is 0 Å². The molecule has 5 aromatic rings. The van der Waals surface area contributed by atoms with E-state index in [9.17, 15) is 18.0 Å². The van der Waals surface area contributed by atoms with E-state index in [1.807, 2.05) is 0 Å². The van der Waals surface area contributed by atoms with Crippen molar-refractivity contribution in [3.05, 3.63) is 94.9 Å². The zero-order valence-corrected chi connectivity index (χ0v) is 17.3. The van der Waals surface area contributed by atoms with Gasteiger partial charge in [0.1, 0.15) is 6.33 Å². The molecule has 0 spiro atoms. The molecule has 0 fully saturated rings. The van der Waals surface area contributed by atoms with E-state index in [4.69, 9.17) is 0 Å². The smallest absolute Gasteiger partial charge is 0.359 e. The van der Waals surface area contributed by atoms with Crippen LogP contribution in [0, 0.1) is 0 Å². The van der Waals surface area contributed by atoms with Crippen molar-refractivity contribution in [2.24, 2.45) is 0 Å². The maximum absolute atomic E-state index is 13.7. The van der Waals surface area contributed by atoms with Crippen LogP contribution in [0.5, 0.6) is 0 Å². The van der Waals surface area contributed by atoms with Gasteiger partial charge in [0.15, 0.2) is 11.5 Å². The molecular formula is C23H17F3N6O. The topological polar surface area (TPSA) is 77.1 Å². The van der Waals surface area contributed by atoms with Crippen LogP contribution in [0.15, 0.2) is 78.1 Å². The molecule has 33 heavy (non-hydrogen) atoms. The number of aromatic nitrogens is 5. The minimum absolute atomic E-state index is 0.208. The highest BCUT2D eigenvalue weighted by Crippen LogP contribution is 2.34. The standard InChI is InChI=1S/C23H17F3N6O/c1-14(30-20-21-27-10-11-31(21)29-13-28-20)18-12-15-6-5-9-17(23(24,25)26)19(15)22(33)32(18)16-7-3-2-4-8-16/h2-14H,1H3,(H,28,29,30). The number of hydrogen-bond acceptors (Lipinski definition) is 5. The first kappa shape index (κ1) is 20.7. The predicted molar refractivity (Wildman–Crippen MR) is 117 cm³/mol. The molecular weight excluding hydrogens is 433 g/mol. The summed E-state index contributed by atoms with van der Waals surface area (Å²) in [6, 6.07) is 13.4. The van der Waals surface area contributed by atoms with Gasteiger partial charge in [0.05, 0.1) is 17.0 Å². The molecule has 0 aliphatic rings. The van der Waals surface area contributed by atoms with Gasteiger partial charge in [-0.3, -0.25) is 9.36 Å². The van der Waals surface area contributed by atoms with Crippen molar-refractivity contribution < 1.29 is 13.2 Å². The van der Waals surface area contributed by atoms with Crippen molar-refractivity contribution in [3.8, 4) is 5.69 Å². The predicted octanol–water partition coefficient (Wildman–Crippen LogP) is 4.62. The summed E-state index contributed by atoms with van der Waals surface area (Å²) in [7, 11) is 0. The van der Waals surface area contributed by atoms with Crippen molar-refractivity contribution in [2.45, 2.75) is 19.1 Å². The normalized spacial score (nSPS) is 12.8. The second kappa shape index (κ2) is 7.73. The second-order valence-electron chi connectivity index (χ2n) is 7.48. The molecule has 166 valence electrons. The van der Waals surface area contributed by atoms with E-state index in [0.717, 1.165) is 6.07 Å². The van der Waals surface area contributed by atoms with Gasteiger partial charge in [-0.25, -0.2) is 14.5 Å². The number of hydrogen-bond donors (Lipinski definition) is 1. The van der Waals surface area contributed by atoms with Crippen LogP contribution >= 0.6 is 0 Å². The number of anilines is 1. The van der Waals surface area contributed by atoms with E-state index in [2.05, 4.69) is 20.4 Å². The maximum atomic E-state index is 13.7. The Balaban J connectivity index is 1.74. The fourth-order valence-electron chi connectivity index (χ4n) is 3.92. The van der Waals surface area contributed by atoms with Crippen LogP contribution in [0.4, 0.5) is 19.0 Å². The molecule has 0 aliphatic carbocycles. The molecule has 1 N–H and O–H groups in total. The molecule has 2 aromatic carbocycles. The molecule has 0 aliphatic heterocycles. The molecule has 0 amide bonds. The second-order valence-corrected chi connectivity index (χ2v) is 7.48. The highest BCUT2D eigenvalue weighted by Gasteiger charge is 2.34. The Morgan fingerprint density at radius 3 is 2.58 bits per heavy atom. The Morgan fingerprint density at radius 2 is 1.82 bits per heavy atom. The quantitative estimate of drug-likeness (QED) is 0.432. The number of imidazole rings is 1. The Bertz CT molecular complexity index is 1520. The first-order valence-electron chi connectivity index (χ1n) is 10.1. The van der Waals surface area contributed by atoms with Gasteiger partial charge in [0.2, 0.25) is 0 Å². The maximum Gasteiger partial charge on any atom is 0.417 e. The number of nitrogens with zero attached hydrogens (tertiary/aromatic N) is 5. The minimum Gasteiger partial charge on any atom is -0.359 e. The average molecular weight is 450 g/mol. The van der Waals surface area contributed by atoms with E-state index in [1.54, 1.807) is 60.2 Å². The summed E-state index contributed by atoms with van der Waals surface area (Å²) in [4.78, 5) is 22.0. The molecule has 7 nitrogen and oxygen atoms in total. The molecule has 0 saturated carbocycles. The lowest BCUT2D eigenvalue weighted by molar-refractivity contribution is -0.136. The summed E-state index contributed by atoms with van der Waals surface area (Å²) in [5.74, 6) is 0.429. The van der Waals surface area contributed by atoms with Crippen LogP contribution in [-0.4, -0.2) is 24.1 Å². The third kappa shape index (κ3) is 3.59. The van der Waals surface area contributed by atoms with Crippen molar-refractivity contribution >= 4 is 22.2 Å². The highest BCUT2D eigenvalue weighted by molar-refractivity contribution is 5.86. The Labute approximate surface area is 185 Å². The Kier molecular flexibility index (Phi) is 4.85. The number of alkyl halides is 3. The minimum atomic E-state index is -4.66. The van der Waals surface area contributed by atoms with Gasteiger partial charge in [-0.15, -0.1) is 0 Å². The van der Waals surface area contributed by atoms with Crippen molar-refractivity contribution in [2.75, 3.05) is 5.32 Å². The van der Waals surface area contributed by atoms with Gasteiger partial charge in [0, 0.05) is 23.8 Å². The van der Waals surface area contributed by atoms with Crippen LogP contribution in [-0.2, 0) is 6.18 Å². The Hall–Kier alpha value is -4.21. The molecule has 1 unspecified atom stereocenters. The molecule has 1 atom stereocenters. The van der Waals surface area contributed by atoms with Crippen LogP contribution in [0.25, 0.3) is 22.1 Å². The number of para-hydroxylation sites is 1. The molecule has 0 bridgehead atoms. The van der Waals surface area contributed by atoms with Gasteiger partial charge >= 0.3 is 6.18 Å². The lowest BCUT2D eigenvalue weighted by Crippen LogP contribution is -2.27. The summed E-state index contributed by atoms with van der Waals surface area (Å²) in [5, 5.41) is 7.13. The largest absolute Gasteiger partial charge is 0.417 e. The van der Waals surface area contributed by atoms with E-state index in [0.29, 0.717) is 22.8 Å². The zero-order valence-electron chi connectivity index (χ0n) is 17.3. The zero-order chi connectivity index (χ0) is 23.2. The van der Waals surface area contributed by atoms with Gasteiger partial charge in [0.25, 0.3) is 5.56 Å². The average Bonchev–Trinajstić information content (AvgIpc) is 3.28. The van der Waals surface area contributed by atoms with Crippen molar-refractivity contribution in [1.82, 2.24) is 24.1 Å². The Morgan fingerprint density at radius 1 is 1.03 bits per heavy atom. The van der Waals surface area contributed by atoms with E-state index in [-0.39, 0.29) is 10.8 Å². The van der Waals surface area contributed by atoms with E-state index < -0.39 is 23.3 Å². The SMILES string of the molecule is CC(Nc1ncnn2ccnc12)c1cc2cccc(C(F)(F)F)c2c(=O)n1-c1ccccc1. The highest BCUT2D eigenvalue weighted by atomic mass is 19.4. The first-order valence-corrected chi connectivity index (χ1v) is 10.1. The number of fused-ring (bicyclic) bond motifs is 2. The van der Waals surface area contributed by atoms with Crippen LogP contribution in [0.1, 0.15) is 24.2 Å². The van der Waals surface area contributed by atoms with Crippen LogP contribution in [0.3, 0.4) is 0 Å². The van der Waals surface area contributed by atoms with Crippen LogP contribution in [0.2, 0.25) is 0 Å². The summed E-state index contributed by atoms with van der Waals surface area (Å²) in [5.41, 5.74) is -0.293. The first-order chi connectivity index (χ1) is 15.8. The molecule has 0 saturated heterocycles. The number of rotatable bonds is 4. The lowest BCUT2D eigenvalue weighted by atomic mass is 10.0. The lowest BCUT2D eigenvalue weighted by Gasteiger charge is -2.22. The molecule has 10 heteroatoms. The fourth-order valence-corrected chi connectivity index (χ4v) is 3.92. The van der Waals surface area contributed by atoms with Gasteiger partial charge in [-0.05, 0) is 36.6 Å². The molecule has 3 heterocycles. The summed E-state index contributed by atoms with van der Waals surface area (Å²) < 4.78 is 44.0. The van der Waals surface area contributed by atoms with Crippen LogP contribution < -0.4 is 10.9 Å². The van der Waals surface area contributed by atoms with Gasteiger partial charge in [-0.1, -0.05) is 30.3 Å². The van der Waals surface area contributed by atoms with E-state index in [1.165, 1.54) is 23.0 Å². The third-order valence-electron chi connectivity index (χ3n) is 5.39. The van der Waals surface area contributed by atoms with Crippen molar-refractivity contribution in [3.63, 3.8) is 0 Å². The molecule has 5 rings (SSSR count). The third-order valence-corrected chi connectivity index (χ3v) is 5.39. The monoisotopic (exact) mass is 450 g/mol. The number of nitrogens with one attached hydrogen (secondary N) is 1. The molecule has 3 aromatic heterocycles. The van der Waals surface area contributed by atoms with Gasteiger partial charge in [-0.2, -0.15) is 18.3 Å². The summed E-state index contributed by atoms with van der Waals surface area (Å²) in [6.07, 6.45) is -0.0499. The number of pyridine rings is 1. The number of benzene rings is 2. The summed E-state index contributed by atoms with van der Waals surface area (Å²) >= 11 is 0. The number of halogens is 3. The van der Waals surface area contributed by atoms with Gasteiger partial charge < -0.3 is 5.32 Å².